The molecule has 2 rings (SSSR count). The molecule has 0 unspecified atom stereocenters. The molecule has 0 aliphatic carbocycles. The molecule has 10 nitrogen and oxygen atoms in total. The van der Waals surface area contributed by atoms with E-state index in [1.807, 2.05) is 0 Å². The summed E-state index contributed by atoms with van der Waals surface area (Å²) in [6.07, 6.45) is 1.43. The maximum Gasteiger partial charge on any atom is 0.504 e. The molecule has 0 spiro atoms. The van der Waals surface area contributed by atoms with Crippen LogP contribution in [0.3, 0.4) is 0 Å². The van der Waals surface area contributed by atoms with Crippen molar-refractivity contribution in [3.63, 3.8) is 0 Å². The lowest BCUT2D eigenvalue weighted by Crippen LogP contribution is -2.28. The van der Waals surface area contributed by atoms with Crippen molar-refractivity contribution in [1.29, 1.82) is 0 Å². The fraction of sp³-hybridized carbons (Fsp3) is 0.133. The van der Waals surface area contributed by atoms with Gasteiger partial charge >= 0.3 is 4.38 Å². The molecule has 14 heteroatoms. The number of benzene rings is 2. The van der Waals surface area contributed by atoms with Crippen LogP contribution in [0, 0.1) is 0 Å². The van der Waals surface area contributed by atoms with Gasteiger partial charge in [0.25, 0.3) is 19.7 Å². The van der Waals surface area contributed by atoms with Crippen molar-refractivity contribution in [3.8, 4) is 0 Å². The van der Waals surface area contributed by atoms with E-state index in [0.29, 0.717) is 12.5 Å². The molecule has 0 aliphatic rings. The Labute approximate surface area is 168 Å². The number of sulfone groups is 4. The highest BCUT2D eigenvalue weighted by molar-refractivity contribution is 8.31. The fourth-order valence-electron chi connectivity index (χ4n) is 2.40. The maximum absolute atomic E-state index is 12.9. The molecule has 0 atom stereocenters. The van der Waals surface area contributed by atoms with Gasteiger partial charge in [0, 0.05) is 12.5 Å². The van der Waals surface area contributed by atoms with Gasteiger partial charge in [-0.1, -0.05) is 24.3 Å². The molecule has 0 radical (unpaired) electrons. The Kier molecular flexibility index (Phi) is 5.89. The zero-order valence-corrected chi connectivity index (χ0v) is 18.2. The van der Waals surface area contributed by atoms with Gasteiger partial charge in [-0.3, -0.25) is 0 Å². The van der Waals surface area contributed by atoms with Crippen LogP contribution in [0.15, 0.2) is 68.1 Å². The van der Waals surface area contributed by atoms with Crippen molar-refractivity contribution in [2.45, 2.75) is 19.6 Å². The van der Waals surface area contributed by atoms with E-state index in [9.17, 15) is 39.2 Å². The zero-order chi connectivity index (χ0) is 22.3. The van der Waals surface area contributed by atoms with Crippen LogP contribution in [0.5, 0.6) is 0 Å². The number of hydrogen-bond acceptors (Lipinski definition) is 8. The first-order chi connectivity index (χ1) is 13.1. The van der Waals surface area contributed by atoms with Gasteiger partial charge in [-0.2, -0.15) is 0 Å². The summed E-state index contributed by atoms with van der Waals surface area (Å²) in [5.41, 5.74) is 9.24. The third kappa shape index (κ3) is 4.31. The van der Waals surface area contributed by atoms with Gasteiger partial charge in [0.2, 0.25) is 0 Å². The topological polar surface area (TPSA) is 173 Å². The highest BCUT2D eigenvalue weighted by Crippen LogP contribution is 2.28. The summed E-state index contributed by atoms with van der Waals surface area (Å²) in [6.45, 7) is 0. The number of nitrogens with zero attached hydrogens (tertiary/aromatic N) is 2. The van der Waals surface area contributed by atoms with Gasteiger partial charge in [-0.25, -0.2) is 33.7 Å². The molecule has 0 N–H and O–H groups in total. The zero-order valence-electron chi connectivity index (χ0n) is 14.9. The predicted octanol–water partition coefficient (Wildman–Crippen LogP) is 0.327. The monoisotopic (exact) mass is 478 g/mol. The van der Waals surface area contributed by atoms with E-state index in [-0.39, 0.29) is 0 Å². The van der Waals surface area contributed by atoms with E-state index < -0.39 is 63.3 Å². The first kappa shape index (κ1) is 22.9. The summed E-state index contributed by atoms with van der Waals surface area (Å²) in [5.74, 6) is 0. The lowest BCUT2D eigenvalue weighted by molar-refractivity contribution is 0.00378. The minimum atomic E-state index is -5.19. The van der Waals surface area contributed by atoms with Gasteiger partial charge in [0.1, 0.15) is 0 Å². The van der Waals surface area contributed by atoms with E-state index in [2.05, 4.69) is 4.79 Å². The van der Waals surface area contributed by atoms with E-state index in [4.69, 9.17) is 0 Å². The third-order valence-electron chi connectivity index (χ3n) is 3.62. The average molecular weight is 479 g/mol. The van der Waals surface area contributed by atoms with Crippen molar-refractivity contribution in [2.24, 2.45) is 0 Å². The second kappa shape index (κ2) is 7.46. The van der Waals surface area contributed by atoms with Crippen molar-refractivity contribution in [1.82, 2.24) is 0 Å². The summed E-state index contributed by atoms with van der Waals surface area (Å²) in [7, 11) is -18.6. The highest BCUT2D eigenvalue weighted by atomic mass is 32.3. The number of hydrogen-bond donors (Lipinski definition) is 0. The molecule has 0 fully saturated rings. The highest BCUT2D eigenvalue weighted by Gasteiger charge is 2.47. The van der Waals surface area contributed by atoms with Crippen LogP contribution < -0.4 is 0 Å². The summed E-state index contributed by atoms with van der Waals surface area (Å²) < 4.78 is 97.6. The van der Waals surface area contributed by atoms with Crippen LogP contribution in [-0.4, -0.2) is 55.3 Å². The summed E-state index contributed by atoms with van der Waals surface area (Å²) in [4.78, 5) is -0.918. The minimum absolute atomic E-state index is 0.713. The lowest BCUT2D eigenvalue weighted by Gasteiger charge is -2.09. The van der Waals surface area contributed by atoms with E-state index in [0.717, 1.165) is 36.4 Å². The first-order valence-electron chi connectivity index (χ1n) is 7.45. The molecule has 156 valence electrons. The van der Waals surface area contributed by atoms with Crippen molar-refractivity contribution in [3.05, 3.63) is 54.1 Å². The SMILES string of the molecule is CS(=O)(=O)c1ccccc1S(=O)(=O)C(=[N+]=[N-])S(=O)(=O)c1ccccc1S(C)(=O)=O. The molecular formula is C15H14N2O8S4. The smallest absolute Gasteiger partial charge is 0.359 e. The molecule has 29 heavy (non-hydrogen) atoms. The molecular weight excluding hydrogens is 464 g/mol. The van der Waals surface area contributed by atoms with E-state index in [1.54, 1.807) is 0 Å². The Morgan fingerprint density at radius 1 is 0.621 bits per heavy atom. The Morgan fingerprint density at radius 3 is 1.14 bits per heavy atom. The Balaban J connectivity index is 2.89. The van der Waals surface area contributed by atoms with Crippen LogP contribution in [0.1, 0.15) is 0 Å². The van der Waals surface area contributed by atoms with Crippen molar-refractivity contribution < 1.29 is 38.5 Å². The van der Waals surface area contributed by atoms with E-state index >= 15 is 0 Å². The quantitative estimate of drug-likeness (QED) is 0.261. The van der Waals surface area contributed by atoms with Gasteiger partial charge in [0.05, 0.1) is 19.6 Å². The molecule has 2 aromatic rings. The standard InChI is InChI=1S/C15H14N2O8S4/c1-26(18,19)11-7-3-5-9-13(11)28(22,23)15(17-16)29(24,25)14-10-6-4-8-12(14)27(2,20)21/h3-10H,1-2H3. The molecule has 0 aliphatic heterocycles. The average Bonchev–Trinajstić information content (AvgIpc) is 2.60. The minimum Gasteiger partial charge on any atom is -0.359 e. The maximum atomic E-state index is 12.9. The first-order valence-corrected chi connectivity index (χ1v) is 14.2. The largest absolute Gasteiger partial charge is 0.504 e. The summed E-state index contributed by atoms with van der Waals surface area (Å²) in [5, 5.41) is 0. The van der Waals surface area contributed by atoms with Crippen LogP contribution in [0.4, 0.5) is 0 Å². The van der Waals surface area contributed by atoms with E-state index in [1.165, 1.54) is 12.1 Å². The molecule has 0 saturated carbocycles. The second-order valence-corrected chi connectivity index (χ2v) is 13.7. The van der Waals surface area contributed by atoms with Crippen LogP contribution in [-0.2, 0) is 39.3 Å². The third-order valence-corrected chi connectivity index (χ3v) is 10.5. The molecule has 0 heterocycles. The van der Waals surface area contributed by atoms with Gasteiger partial charge in [0.15, 0.2) is 19.7 Å². The van der Waals surface area contributed by atoms with Gasteiger partial charge < -0.3 is 5.53 Å². The molecule has 0 amide bonds. The normalized spacial score (nSPS) is 12.9. The Morgan fingerprint density at radius 2 is 0.897 bits per heavy atom. The predicted molar refractivity (Wildman–Crippen MR) is 102 cm³/mol. The summed E-state index contributed by atoms with van der Waals surface area (Å²) in [6, 6.07) is 8.27. The van der Waals surface area contributed by atoms with Gasteiger partial charge in [-0.15, -0.1) is 4.79 Å². The van der Waals surface area contributed by atoms with Gasteiger partial charge in [-0.05, 0) is 24.3 Å². The van der Waals surface area contributed by atoms with Crippen LogP contribution in [0.2, 0.25) is 0 Å². The fourth-order valence-corrected chi connectivity index (χ4v) is 8.95. The second-order valence-electron chi connectivity index (χ2n) is 5.81. The Bertz CT molecular complexity index is 1360. The Hall–Kier alpha value is -2.38. The number of rotatable bonds is 4. The van der Waals surface area contributed by atoms with Crippen molar-refractivity contribution >= 4 is 43.7 Å². The molecule has 0 aromatic heterocycles. The van der Waals surface area contributed by atoms with Crippen LogP contribution in [0.25, 0.3) is 5.53 Å². The molecule has 0 saturated heterocycles. The lowest BCUT2D eigenvalue weighted by atomic mass is 10.4. The van der Waals surface area contributed by atoms with Crippen LogP contribution >= 0.6 is 0 Å². The molecule has 2 aromatic carbocycles. The summed E-state index contributed by atoms with van der Waals surface area (Å²) >= 11 is 0. The van der Waals surface area contributed by atoms with Crippen molar-refractivity contribution in [2.75, 3.05) is 12.5 Å². The molecule has 0 bridgehead atoms.